The summed E-state index contributed by atoms with van der Waals surface area (Å²) in [5, 5.41) is 2.41. The first-order valence-electron chi connectivity index (χ1n) is 8.74. The average molecular weight is 406 g/mol. The maximum Gasteiger partial charge on any atom is 0.229 e. The summed E-state index contributed by atoms with van der Waals surface area (Å²) in [5.74, 6) is -2.02. The summed E-state index contributed by atoms with van der Waals surface area (Å²) in [6.45, 7) is 0.0894. The lowest BCUT2D eigenvalue weighted by molar-refractivity contribution is -0.122. The van der Waals surface area contributed by atoms with Gasteiger partial charge in [0.1, 0.15) is 11.6 Å². The van der Waals surface area contributed by atoms with Gasteiger partial charge in [0.25, 0.3) is 0 Å². The van der Waals surface area contributed by atoms with Gasteiger partial charge in [-0.1, -0.05) is 0 Å². The van der Waals surface area contributed by atoms with Crippen LogP contribution in [0.25, 0.3) is 0 Å². The minimum atomic E-state index is -0.885. The van der Waals surface area contributed by atoms with Crippen molar-refractivity contribution in [2.24, 2.45) is 5.92 Å². The molecule has 0 aliphatic carbocycles. The molecule has 0 aromatic heterocycles. The second kappa shape index (κ2) is 8.34. The average Bonchev–Trinajstić information content (AvgIpc) is 3.10. The Morgan fingerprint density at radius 2 is 1.72 bits per heavy atom. The largest absolute Gasteiger partial charge is 0.493 e. The monoisotopic (exact) mass is 406 g/mol. The van der Waals surface area contributed by atoms with Crippen LogP contribution < -0.4 is 24.4 Å². The highest BCUT2D eigenvalue weighted by molar-refractivity contribution is 6.03. The molecule has 9 heteroatoms. The predicted molar refractivity (Wildman–Crippen MR) is 102 cm³/mol. The summed E-state index contributed by atoms with van der Waals surface area (Å²) in [5.41, 5.74) is 0.336. The predicted octanol–water partition coefficient (Wildman–Crippen LogP) is 2.98. The summed E-state index contributed by atoms with van der Waals surface area (Å²) >= 11 is 0. The molecule has 2 amide bonds. The van der Waals surface area contributed by atoms with Gasteiger partial charge in [-0.2, -0.15) is 0 Å². The molecular formula is C20H20F2N2O5. The van der Waals surface area contributed by atoms with Crippen LogP contribution in [0.15, 0.2) is 30.3 Å². The zero-order valence-corrected chi connectivity index (χ0v) is 16.1. The number of hydrogen-bond donors (Lipinski definition) is 1. The zero-order chi connectivity index (χ0) is 21.1. The summed E-state index contributed by atoms with van der Waals surface area (Å²) in [4.78, 5) is 26.4. The summed E-state index contributed by atoms with van der Waals surface area (Å²) in [6, 6.07) is 6.08. The highest BCUT2D eigenvalue weighted by atomic mass is 19.1. The van der Waals surface area contributed by atoms with Crippen molar-refractivity contribution in [3.63, 3.8) is 0 Å². The van der Waals surface area contributed by atoms with Crippen molar-refractivity contribution >= 4 is 23.2 Å². The topological polar surface area (TPSA) is 77.1 Å². The van der Waals surface area contributed by atoms with Crippen LogP contribution in [0.1, 0.15) is 6.42 Å². The fourth-order valence-electron chi connectivity index (χ4n) is 3.18. The number of ether oxygens (including phenoxy) is 3. The Bertz CT molecular complexity index is 925. The number of carbonyl (C=O) groups excluding carboxylic acids is 2. The van der Waals surface area contributed by atoms with Gasteiger partial charge in [-0.05, 0) is 12.1 Å². The van der Waals surface area contributed by atoms with E-state index in [1.54, 1.807) is 12.1 Å². The molecule has 2 aromatic carbocycles. The van der Waals surface area contributed by atoms with E-state index in [0.29, 0.717) is 29.0 Å². The fraction of sp³-hybridized carbons (Fsp3) is 0.300. The summed E-state index contributed by atoms with van der Waals surface area (Å²) < 4.78 is 42.7. The van der Waals surface area contributed by atoms with Crippen LogP contribution >= 0.6 is 0 Å². The molecule has 0 spiro atoms. The first-order valence-corrected chi connectivity index (χ1v) is 8.74. The van der Waals surface area contributed by atoms with E-state index in [2.05, 4.69) is 5.32 Å². The highest BCUT2D eigenvalue weighted by Gasteiger charge is 2.36. The third-order valence-corrected chi connectivity index (χ3v) is 4.65. The molecule has 154 valence electrons. The van der Waals surface area contributed by atoms with E-state index in [0.717, 1.165) is 12.1 Å². The normalized spacial score (nSPS) is 16.0. The van der Waals surface area contributed by atoms with Gasteiger partial charge in [0, 0.05) is 31.2 Å². The number of methoxy groups -OCH3 is 3. The van der Waals surface area contributed by atoms with Gasteiger partial charge in [0.2, 0.25) is 17.6 Å². The Balaban J connectivity index is 1.80. The van der Waals surface area contributed by atoms with Crippen molar-refractivity contribution in [2.75, 3.05) is 38.1 Å². The number of anilines is 2. The second-order valence-electron chi connectivity index (χ2n) is 6.40. The van der Waals surface area contributed by atoms with Crippen molar-refractivity contribution in [1.82, 2.24) is 0 Å². The van der Waals surface area contributed by atoms with Crippen molar-refractivity contribution in [3.05, 3.63) is 42.0 Å². The summed E-state index contributed by atoms with van der Waals surface area (Å²) in [6.07, 6.45) is -0.0503. The van der Waals surface area contributed by atoms with Crippen molar-refractivity contribution in [2.45, 2.75) is 6.42 Å². The molecule has 3 rings (SSSR count). The minimum Gasteiger partial charge on any atom is -0.493 e. The number of hydrogen-bond acceptors (Lipinski definition) is 5. The molecule has 1 atom stereocenters. The van der Waals surface area contributed by atoms with Crippen LogP contribution in [0.3, 0.4) is 0 Å². The maximum atomic E-state index is 13.8. The molecule has 2 aromatic rings. The van der Waals surface area contributed by atoms with Gasteiger partial charge in [0.05, 0.1) is 38.6 Å². The van der Waals surface area contributed by atoms with Crippen LogP contribution in [0, 0.1) is 17.6 Å². The lowest BCUT2D eigenvalue weighted by atomic mass is 10.1. The molecule has 1 unspecified atom stereocenters. The third kappa shape index (κ3) is 4.08. The lowest BCUT2D eigenvalue weighted by Crippen LogP contribution is -2.28. The molecule has 1 N–H and O–H groups in total. The molecule has 0 bridgehead atoms. The van der Waals surface area contributed by atoms with E-state index in [9.17, 15) is 18.4 Å². The first kappa shape index (κ1) is 20.4. The van der Waals surface area contributed by atoms with E-state index in [1.165, 1.54) is 26.2 Å². The van der Waals surface area contributed by atoms with E-state index in [4.69, 9.17) is 14.2 Å². The van der Waals surface area contributed by atoms with Gasteiger partial charge < -0.3 is 24.4 Å². The molecule has 29 heavy (non-hydrogen) atoms. The Labute approximate surface area is 166 Å². The molecule has 1 saturated heterocycles. The van der Waals surface area contributed by atoms with Crippen molar-refractivity contribution < 1.29 is 32.6 Å². The van der Waals surface area contributed by atoms with E-state index in [1.807, 2.05) is 0 Å². The molecular weight excluding hydrogens is 386 g/mol. The Hall–Kier alpha value is -3.36. The standard InChI is InChI=1S/C20H20F2N2O5/c1-27-16-8-13(9-17(28-2)19(16)29-3)24-10-11(6-18(24)25)20(26)23-15-5-4-12(21)7-14(15)22/h4-5,7-9,11H,6,10H2,1-3H3,(H,23,26). The van der Waals surface area contributed by atoms with Crippen LogP contribution in [-0.2, 0) is 9.59 Å². The molecule has 1 aliphatic rings. The summed E-state index contributed by atoms with van der Waals surface area (Å²) in [7, 11) is 4.39. The SMILES string of the molecule is COc1cc(N2CC(C(=O)Nc3ccc(F)cc3F)CC2=O)cc(OC)c1OC. The van der Waals surface area contributed by atoms with Crippen molar-refractivity contribution in [3.8, 4) is 17.2 Å². The van der Waals surface area contributed by atoms with Gasteiger partial charge in [-0.25, -0.2) is 8.78 Å². The second-order valence-corrected chi connectivity index (χ2v) is 6.40. The number of nitrogens with zero attached hydrogens (tertiary/aromatic N) is 1. The van der Waals surface area contributed by atoms with Gasteiger partial charge in [-0.15, -0.1) is 0 Å². The van der Waals surface area contributed by atoms with Gasteiger partial charge in [-0.3, -0.25) is 9.59 Å². The molecule has 7 nitrogen and oxygen atoms in total. The first-order chi connectivity index (χ1) is 13.9. The lowest BCUT2D eigenvalue weighted by Gasteiger charge is -2.20. The number of benzene rings is 2. The molecule has 0 radical (unpaired) electrons. The van der Waals surface area contributed by atoms with E-state index in [-0.39, 0.29) is 24.6 Å². The minimum absolute atomic E-state index is 0.0503. The number of carbonyl (C=O) groups is 2. The van der Waals surface area contributed by atoms with Gasteiger partial charge >= 0.3 is 0 Å². The molecule has 1 aliphatic heterocycles. The van der Waals surface area contributed by atoms with Crippen LogP contribution in [0.2, 0.25) is 0 Å². The molecule has 0 saturated carbocycles. The van der Waals surface area contributed by atoms with E-state index < -0.39 is 23.5 Å². The number of rotatable bonds is 6. The van der Waals surface area contributed by atoms with E-state index >= 15 is 0 Å². The number of halogens is 2. The molecule has 1 fully saturated rings. The van der Waals surface area contributed by atoms with Crippen LogP contribution in [0.5, 0.6) is 17.2 Å². The Morgan fingerprint density at radius 1 is 1.07 bits per heavy atom. The Kier molecular flexibility index (Phi) is 5.86. The quantitative estimate of drug-likeness (QED) is 0.798. The maximum absolute atomic E-state index is 13.8. The zero-order valence-electron chi connectivity index (χ0n) is 16.1. The van der Waals surface area contributed by atoms with Crippen LogP contribution in [0.4, 0.5) is 20.2 Å². The number of nitrogens with one attached hydrogen (secondary N) is 1. The fourth-order valence-corrected chi connectivity index (χ4v) is 3.18. The third-order valence-electron chi connectivity index (χ3n) is 4.65. The highest BCUT2D eigenvalue weighted by Crippen LogP contribution is 2.42. The molecule has 1 heterocycles. The smallest absolute Gasteiger partial charge is 0.229 e. The number of amides is 2. The van der Waals surface area contributed by atoms with Gasteiger partial charge in [0.15, 0.2) is 11.5 Å². The Morgan fingerprint density at radius 3 is 2.28 bits per heavy atom. The van der Waals surface area contributed by atoms with Crippen molar-refractivity contribution in [1.29, 1.82) is 0 Å². The van der Waals surface area contributed by atoms with Crippen LogP contribution in [-0.4, -0.2) is 39.7 Å².